The van der Waals surface area contributed by atoms with Crippen molar-refractivity contribution < 1.29 is 23.1 Å². The number of carbonyl (C=O) groups excluding carboxylic acids is 2. The molecule has 0 radical (unpaired) electrons. The second kappa shape index (κ2) is 8.12. The first-order valence-electron chi connectivity index (χ1n) is 9.38. The summed E-state index contributed by atoms with van der Waals surface area (Å²) in [6.45, 7) is 0.538. The van der Waals surface area contributed by atoms with Gasteiger partial charge in [-0.05, 0) is 24.3 Å². The lowest BCUT2D eigenvalue weighted by Gasteiger charge is -2.38. The van der Waals surface area contributed by atoms with E-state index in [1.54, 1.807) is 24.3 Å². The Hall–Kier alpha value is -2.84. The zero-order chi connectivity index (χ0) is 21.3. The monoisotopic (exact) mass is 433 g/mol. The molecule has 0 aromatic heterocycles. The van der Waals surface area contributed by atoms with Gasteiger partial charge in [-0.25, -0.2) is 8.78 Å². The van der Waals surface area contributed by atoms with Gasteiger partial charge in [0.25, 0.3) is 5.91 Å². The number of aliphatic imine (C=N–C) groups is 1. The molecule has 2 amide bonds. The summed E-state index contributed by atoms with van der Waals surface area (Å²) in [7, 11) is 0. The highest BCUT2D eigenvalue weighted by Crippen LogP contribution is 2.35. The highest BCUT2D eigenvalue weighted by Gasteiger charge is 2.48. The maximum absolute atomic E-state index is 13.4. The van der Waals surface area contributed by atoms with Crippen LogP contribution in [0.3, 0.4) is 0 Å². The van der Waals surface area contributed by atoms with E-state index in [0.29, 0.717) is 36.6 Å². The summed E-state index contributed by atoms with van der Waals surface area (Å²) < 4.78 is 31.9. The molecular formula is C21H18ClF2N3O3. The number of halogens is 3. The molecular weight excluding hydrogens is 416 g/mol. The third-order valence-corrected chi connectivity index (χ3v) is 5.44. The molecule has 156 valence electrons. The van der Waals surface area contributed by atoms with Gasteiger partial charge in [-0.3, -0.25) is 14.6 Å². The van der Waals surface area contributed by atoms with Crippen LogP contribution in [0.4, 0.5) is 14.5 Å². The molecule has 0 bridgehead atoms. The maximum atomic E-state index is 13.4. The van der Waals surface area contributed by atoms with E-state index >= 15 is 0 Å². The normalized spacial score (nSPS) is 17.9. The van der Waals surface area contributed by atoms with E-state index in [2.05, 4.69) is 5.32 Å². The lowest BCUT2D eigenvalue weighted by molar-refractivity contribution is -0.136. The summed E-state index contributed by atoms with van der Waals surface area (Å²) in [5, 5.41) is 3.04. The third kappa shape index (κ3) is 3.93. The lowest BCUT2D eigenvalue weighted by atomic mass is 10.00. The third-order valence-electron chi connectivity index (χ3n) is 5.19. The molecule has 1 spiro atoms. The van der Waals surface area contributed by atoms with E-state index in [1.165, 1.54) is 11.0 Å². The first-order valence-corrected chi connectivity index (χ1v) is 9.76. The number of nitrogens with one attached hydrogen (secondary N) is 1. The Kier molecular flexibility index (Phi) is 5.53. The standard InChI is InChI=1S/C21H18ClF2N3O3/c22-14-3-1-13(2-4-14)19-20(29)27(21(26-19)7-9-30-10-8-21)12-18(28)25-15-5-6-16(23)17(24)11-15/h1-6,11H,7-10,12H2,(H,25,28). The van der Waals surface area contributed by atoms with Crippen LogP contribution in [0.25, 0.3) is 0 Å². The van der Waals surface area contributed by atoms with Gasteiger partial charge >= 0.3 is 0 Å². The molecule has 2 aromatic rings. The average molecular weight is 434 g/mol. The van der Waals surface area contributed by atoms with Gasteiger partial charge in [-0.1, -0.05) is 23.7 Å². The second-order valence-corrected chi connectivity index (χ2v) is 7.57. The lowest BCUT2D eigenvalue weighted by Crippen LogP contribution is -2.52. The van der Waals surface area contributed by atoms with Crippen molar-refractivity contribution in [1.29, 1.82) is 0 Å². The van der Waals surface area contributed by atoms with E-state index < -0.39 is 23.2 Å². The van der Waals surface area contributed by atoms with E-state index in [0.717, 1.165) is 12.1 Å². The molecule has 2 aliphatic heterocycles. The number of nitrogens with zero attached hydrogens (tertiary/aromatic N) is 2. The second-order valence-electron chi connectivity index (χ2n) is 7.13. The van der Waals surface area contributed by atoms with Gasteiger partial charge in [0.15, 0.2) is 11.6 Å². The SMILES string of the molecule is O=C(CN1C(=O)C(c2ccc(Cl)cc2)=NC12CCOCC2)Nc1ccc(F)c(F)c1. The molecule has 2 heterocycles. The molecule has 2 aliphatic rings. The van der Waals surface area contributed by atoms with Gasteiger partial charge in [0, 0.05) is 35.2 Å². The minimum atomic E-state index is -1.07. The maximum Gasteiger partial charge on any atom is 0.275 e. The summed E-state index contributed by atoms with van der Waals surface area (Å²) in [5.74, 6) is -2.99. The molecule has 9 heteroatoms. The van der Waals surface area contributed by atoms with Crippen LogP contribution in [0.1, 0.15) is 18.4 Å². The van der Waals surface area contributed by atoms with Gasteiger partial charge in [-0.2, -0.15) is 0 Å². The Morgan fingerprint density at radius 3 is 2.50 bits per heavy atom. The first kappa shape index (κ1) is 20.4. The molecule has 2 aromatic carbocycles. The Labute approximate surface area is 176 Å². The van der Waals surface area contributed by atoms with E-state index in [1.807, 2.05) is 0 Å². The minimum absolute atomic E-state index is 0.102. The van der Waals surface area contributed by atoms with Crippen molar-refractivity contribution in [1.82, 2.24) is 4.90 Å². The minimum Gasteiger partial charge on any atom is -0.381 e. The fourth-order valence-corrected chi connectivity index (χ4v) is 3.77. The summed E-state index contributed by atoms with van der Waals surface area (Å²) in [6, 6.07) is 9.81. The summed E-state index contributed by atoms with van der Waals surface area (Å²) >= 11 is 5.94. The highest BCUT2D eigenvalue weighted by molar-refractivity contribution is 6.47. The van der Waals surface area contributed by atoms with Crippen LogP contribution in [-0.4, -0.2) is 47.8 Å². The van der Waals surface area contributed by atoms with Crippen molar-refractivity contribution in [3.05, 3.63) is 64.7 Å². The molecule has 1 fully saturated rings. The van der Waals surface area contributed by atoms with Crippen molar-refractivity contribution >= 4 is 34.8 Å². The predicted octanol–water partition coefficient (Wildman–Crippen LogP) is 3.39. The molecule has 0 unspecified atom stereocenters. The Balaban J connectivity index is 1.57. The highest BCUT2D eigenvalue weighted by atomic mass is 35.5. The zero-order valence-corrected chi connectivity index (χ0v) is 16.6. The van der Waals surface area contributed by atoms with Crippen molar-refractivity contribution in [2.45, 2.75) is 18.5 Å². The summed E-state index contributed by atoms with van der Waals surface area (Å²) in [4.78, 5) is 31.9. The van der Waals surface area contributed by atoms with Crippen molar-refractivity contribution in [3.8, 4) is 0 Å². The van der Waals surface area contributed by atoms with Crippen molar-refractivity contribution in [2.24, 2.45) is 4.99 Å². The molecule has 0 atom stereocenters. The van der Waals surface area contributed by atoms with Crippen LogP contribution in [0.15, 0.2) is 47.5 Å². The molecule has 1 saturated heterocycles. The number of carbonyl (C=O) groups is 2. The fourth-order valence-electron chi connectivity index (χ4n) is 3.65. The largest absolute Gasteiger partial charge is 0.381 e. The Morgan fingerprint density at radius 2 is 1.83 bits per heavy atom. The summed E-state index contributed by atoms with van der Waals surface area (Å²) in [5.41, 5.74) is 0.0915. The van der Waals surface area contributed by atoms with Gasteiger partial charge in [0.2, 0.25) is 5.91 Å². The number of hydrogen-bond donors (Lipinski definition) is 1. The van der Waals surface area contributed by atoms with E-state index in [9.17, 15) is 18.4 Å². The van der Waals surface area contributed by atoms with Crippen LogP contribution < -0.4 is 5.32 Å². The number of amides is 2. The van der Waals surface area contributed by atoms with Crippen LogP contribution in [0.2, 0.25) is 5.02 Å². The molecule has 0 aliphatic carbocycles. The number of benzene rings is 2. The quantitative estimate of drug-likeness (QED) is 0.803. The van der Waals surface area contributed by atoms with E-state index in [-0.39, 0.29) is 23.9 Å². The topological polar surface area (TPSA) is 71.0 Å². The predicted molar refractivity (Wildman–Crippen MR) is 107 cm³/mol. The Morgan fingerprint density at radius 1 is 1.13 bits per heavy atom. The molecule has 1 N–H and O–H groups in total. The van der Waals surface area contributed by atoms with Crippen LogP contribution in [0.5, 0.6) is 0 Å². The van der Waals surface area contributed by atoms with E-state index in [4.69, 9.17) is 21.3 Å². The van der Waals surface area contributed by atoms with Crippen LogP contribution in [-0.2, 0) is 14.3 Å². The van der Waals surface area contributed by atoms with Gasteiger partial charge in [0.1, 0.15) is 17.9 Å². The zero-order valence-electron chi connectivity index (χ0n) is 15.8. The number of rotatable bonds is 4. The van der Waals surface area contributed by atoms with Crippen LogP contribution >= 0.6 is 11.6 Å². The molecule has 6 nitrogen and oxygen atoms in total. The summed E-state index contributed by atoms with van der Waals surface area (Å²) in [6.07, 6.45) is 0.905. The van der Waals surface area contributed by atoms with Gasteiger partial charge in [-0.15, -0.1) is 0 Å². The molecule has 0 saturated carbocycles. The smallest absolute Gasteiger partial charge is 0.275 e. The van der Waals surface area contributed by atoms with Crippen LogP contribution in [0, 0.1) is 11.6 Å². The number of ether oxygens (including phenoxy) is 1. The van der Waals surface area contributed by atoms with Gasteiger partial charge < -0.3 is 15.0 Å². The fraction of sp³-hybridized carbons (Fsp3) is 0.286. The van der Waals surface area contributed by atoms with Crippen molar-refractivity contribution in [2.75, 3.05) is 25.1 Å². The average Bonchev–Trinajstić information content (AvgIpc) is 2.98. The first-order chi connectivity index (χ1) is 14.4. The number of hydrogen-bond acceptors (Lipinski definition) is 4. The van der Waals surface area contributed by atoms with Gasteiger partial charge in [0.05, 0.1) is 13.2 Å². The number of anilines is 1. The Bertz CT molecular complexity index is 1020. The molecule has 4 rings (SSSR count). The van der Waals surface area contributed by atoms with Crippen molar-refractivity contribution in [3.63, 3.8) is 0 Å². The molecule has 30 heavy (non-hydrogen) atoms.